The lowest BCUT2D eigenvalue weighted by Crippen LogP contribution is -2.25. The van der Waals surface area contributed by atoms with Gasteiger partial charge in [-0.1, -0.05) is 25.8 Å². The highest BCUT2D eigenvalue weighted by Crippen LogP contribution is 2.33. The number of hydrogen-bond donors (Lipinski definition) is 1. The van der Waals surface area contributed by atoms with E-state index in [1.54, 1.807) is 0 Å². The molecule has 1 aromatic carbocycles. The number of benzene rings is 1. The van der Waals surface area contributed by atoms with E-state index in [0.29, 0.717) is 6.10 Å². The Morgan fingerprint density at radius 1 is 1.42 bits per heavy atom. The summed E-state index contributed by atoms with van der Waals surface area (Å²) in [4.78, 5) is 0. The summed E-state index contributed by atoms with van der Waals surface area (Å²) < 4.78 is 7.18. The highest BCUT2D eigenvalue weighted by Gasteiger charge is 2.22. The average Bonchev–Trinajstić information content (AvgIpc) is 2.41. The maximum atomic E-state index is 6.17. The largest absolute Gasteiger partial charge is 0.489 e. The van der Waals surface area contributed by atoms with Crippen LogP contribution < -0.4 is 10.5 Å². The standard InChI is InChI=1S/C16H24BrNO/c1-3-12-5-4-6-14(9-12)19-16-8-7-13(11(2)18)10-15(16)17/h7-8,10-12,14H,3-6,9,18H2,1-2H3. The minimum atomic E-state index is 0.0597. The molecular formula is C16H24BrNO. The Balaban J connectivity index is 2.02. The van der Waals surface area contributed by atoms with Gasteiger partial charge in [0.2, 0.25) is 0 Å². The van der Waals surface area contributed by atoms with Crippen LogP contribution in [0, 0.1) is 5.92 Å². The molecule has 3 atom stereocenters. The van der Waals surface area contributed by atoms with E-state index in [-0.39, 0.29) is 6.04 Å². The molecule has 2 rings (SSSR count). The van der Waals surface area contributed by atoms with Crippen molar-refractivity contribution in [1.29, 1.82) is 0 Å². The maximum Gasteiger partial charge on any atom is 0.133 e. The van der Waals surface area contributed by atoms with Crippen LogP contribution in [0.5, 0.6) is 5.75 Å². The summed E-state index contributed by atoms with van der Waals surface area (Å²) in [6.07, 6.45) is 6.66. The molecule has 1 saturated carbocycles. The van der Waals surface area contributed by atoms with Gasteiger partial charge in [0, 0.05) is 6.04 Å². The lowest BCUT2D eigenvalue weighted by molar-refractivity contribution is 0.121. The van der Waals surface area contributed by atoms with Crippen LogP contribution in [0.25, 0.3) is 0 Å². The van der Waals surface area contributed by atoms with Crippen LogP contribution in [0.15, 0.2) is 22.7 Å². The van der Waals surface area contributed by atoms with E-state index in [1.807, 2.05) is 13.0 Å². The third kappa shape index (κ3) is 3.96. The molecule has 1 aliphatic rings. The lowest BCUT2D eigenvalue weighted by atomic mass is 9.85. The second-order valence-electron chi connectivity index (χ2n) is 5.66. The van der Waals surface area contributed by atoms with Crippen molar-refractivity contribution in [2.24, 2.45) is 11.7 Å². The van der Waals surface area contributed by atoms with Gasteiger partial charge in [0.15, 0.2) is 0 Å². The summed E-state index contributed by atoms with van der Waals surface area (Å²) >= 11 is 3.59. The smallest absolute Gasteiger partial charge is 0.133 e. The monoisotopic (exact) mass is 325 g/mol. The zero-order chi connectivity index (χ0) is 13.8. The summed E-state index contributed by atoms with van der Waals surface area (Å²) in [6, 6.07) is 6.23. The molecule has 106 valence electrons. The Morgan fingerprint density at radius 2 is 2.21 bits per heavy atom. The van der Waals surface area contributed by atoms with Crippen LogP contribution in [0.2, 0.25) is 0 Å². The first kappa shape index (κ1) is 14.9. The topological polar surface area (TPSA) is 35.2 Å². The summed E-state index contributed by atoms with van der Waals surface area (Å²) in [5, 5.41) is 0. The van der Waals surface area contributed by atoms with E-state index in [0.717, 1.165) is 21.7 Å². The molecule has 1 aromatic rings. The second kappa shape index (κ2) is 6.76. The minimum absolute atomic E-state index is 0.0597. The summed E-state index contributed by atoms with van der Waals surface area (Å²) in [5.41, 5.74) is 7.03. The molecule has 0 heterocycles. The first-order valence-electron chi connectivity index (χ1n) is 7.31. The molecule has 1 aliphatic carbocycles. The fourth-order valence-electron chi connectivity index (χ4n) is 2.79. The maximum absolute atomic E-state index is 6.17. The van der Waals surface area contributed by atoms with E-state index >= 15 is 0 Å². The van der Waals surface area contributed by atoms with Crippen molar-refractivity contribution in [3.63, 3.8) is 0 Å². The molecular weight excluding hydrogens is 302 g/mol. The van der Waals surface area contributed by atoms with Crippen molar-refractivity contribution >= 4 is 15.9 Å². The zero-order valence-electron chi connectivity index (χ0n) is 11.9. The van der Waals surface area contributed by atoms with Crippen LogP contribution in [-0.2, 0) is 0 Å². The van der Waals surface area contributed by atoms with Gasteiger partial charge in [-0.2, -0.15) is 0 Å². The van der Waals surface area contributed by atoms with Gasteiger partial charge in [-0.15, -0.1) is 0 Å². The van der Waals surface area contributed by atoms with Gasteiger partial charge in [0.05, 0.1) is 10.6 Å². The molecule has 2 N–H and O–H groups in total. The average molecular weight is 326 g/mol. The van der Waals surface area contributed by atoms with Crippen molar-refractivity contribution in [2.45, 2.75) is 58.1 Å². The molecule has 0 saturated heterocycles. The molecule has 0 bridgehead atoms. The first-order valence-corrected chi connectivity index (χ1v) is 8.11. The Morgan fingerprint density at radius 3 is 2.84 bits per heavy atom. The zero-order valence-corrected chi connectivity index (χ0v) is 13.4. The minimum Gasteiger partial charge on any atom is -0.489 e. The SMILES string of the molecule is CCC1CCCC(Oc2ccc(C(C)N)cc2Br)C1. The molecule has 3 heteroatoms. The molecule has 1 fully saturated rings. The highest BCUT2D eigenvalue weighted by atomic mass is 79.9. The summed E-state index contributed by atoms with van der Waals surface area (Å²) in [7, 11) is 0. The molecule has 0 radical (unpaired) electrons. The molecule has 0 amide bonds. The third-order valence-electron chi connectivity index (χ3n) is 4.09. The van der Waals surface area contributed by atoms with Crippen LogP contribution >= 0.6 is 15.9 Å². The van der Waals surface area contributed by atoms with Crippen molar-refractivity contribution in [3.05, 3.63) is 28.2 Å². The molecule has 0 aromatic heterocycles. The normalized spacial score (nSPS) is 25.1. The summed E-state index contributed by atoms with van der Waals surface area (Å²) in [5.74, 6) is 1.78. The number of rotatable bonds is 4. The predicted octanol–water partition coefficient (Wildman–Crippen LogP) is 4.82. The molecule has 3 unspecified atom stereocenters. The van der Waals surface area contributed by atoms with Crippen molar-refractivity contribution in [2.75, 3.05) is 0 Å². The fraction of sp³-hybridized carbons (Fsp3) is 0.625. The van der Waals surface area contributed by atoms with Crippen LogP contribution in [0.4, 0.5) is 0 Å². The number of ether oxygens (including phenoxy) is 1. The van der Waals surface area contributed by atoms with Gasteiger partial charge in [-0.05, 0) is 65.7 Å². The van der Waals surface area contributed by atoms with E-state index in [2.05, 4.69) is 35.0 Å². The molecule has 0 spiro atoms. The van der Waals surface area contributed by atoms with Gasteiger partial charge in [-0.3, -0.25) is 0 Å². The highest BCUT2D eigenvalue weighted by molar-refractivity contribution is 9.10. The number of nitrogens with two attached hydrogens (primary N) is 1. The molecule has 19 heavy (non-hydrogen) atoms. The fourth-order valence-corrected chi connectivity index (χ4v) is 3.28. The van der Waals surface area contributed by atoms with E-state index < -0.39 is 0 Å². The Hall–Kier alpha value is -0.540. The second-order valence-corrected chi connectivity index (χ2v) is 6.51. The van der Waals surface area contributed by atoms with Gasteiger partial charge in [0.1, 0.15) is 5.75 Å². The first-order chi connectivity index (χ1) is 9.10. The lowest BCUT2D eigenvalue weighted by Gasteiger charge is -2.29. The van der Waals surface area contributed by atoms with Crippen molar-refractivity contribution < 1.29 is 4.74 Å². The Labute approximate surface area is 124 Å². The van der Waals surface area contributed by atoms with Gasteiger partial charge in [0.25, 0.3) is 0 Å². The van der Waals surface area contributed by atoms with E-state index in [4.69, 9.17) is 10.5 Å². The van der Waals surface area contributed by atoms with Crippen LogP contribution in [0.3, 0.4) is 0 Å². The third-order valence-corrected chi connectivity index (χ3v) is 4.71. The Bertz CT molecular complexity index is 419. The Kier molecular flexibility index (Phi) is 5.28. The number of hydrogen-bond acceptors (Lipinski definition) is 2. The van der Waals surface area contributed by atoms with Crippen molar-refractivity contribution in [1.82, 2.24) is 0 Å². The molecule has 2 nitrogen and oxygen atoms in total. The van der Waals surface area contributed by atoms with Crippen LogP contribution in [0.1, 0.15) is 57.6 Å². The van der Waals surface area contributed by atoms with E-state index in [1.165, 1.54) is 32.1 Å². The number of halogens is 1. The van der Waals surface area contributed by atoms with Gasteiger partial charge >= 0.3 is 0 Å². The van der Waals surface area contributed by atoms with E-state index in [9.17, 15) is 0 Å². The summed E-state index contributed by atoms with van der Waals surface area (Å²) in [6.45, 7) is 4.27. The quantitative estimate of drug-likeness (QED) is 0.861. The molecule has 0 aliphatic heterocycles. The van der Waals surface area contributed by atoms with Crippen LogP contribution in [-0.4, -0.2) is 6.10 Å². The van der Waals surface area contributed by atoms with Gasteiger partial charge in [-0.25, -0.2) is 0 Å². The van der Waals surface area contributed by atoms with Crippen molar-refractivity contribution in [3.8, 4) is 5.75 Å². The predicted molar refractivity (Wildman–Crippen MR) is 83.4 cm³/mol. The van der Waals surface area contributed by atoms with Gasteiger partial charge < -0.3 is 10.5 Å².